The van der Waals surface area contributed by atoms with Crippen LogP contribution in [-0.2, 0) is 0 Å². The zero-order valence-electron chi connectivity index (χ0n) is 12.8. The van der Waals surface area contributed by atoms with Crippen LogP contribution in [0.25, 0.3) is 0 Å². The smallest absolute Gasteiger partial charge is 0.345 e. The van der Waals surface area contributed by atoms with E-state index in [2.05, 4.69) is 15.5 Å². The lowest BCUT2D eigenvalue weighted by molar-refractivity contribution is 0.0734. The number of para-hydroxylation sites is 1. The van der Waals surface area contributed by atoms with Crippen LogP contribution in [0.2, 0.25) is 0 Å². The van der Waals surface area contributed by atoms with E-state index in [1.165, 1.54) is 6.20 Å². The predicted octanol–water partition coefficient (Wildman–Crippen LogP) is 3.75. The first-order chi connectivity index (χ1) is 11.8. The number of nitrogens with one attached hydrogen (secondary N) is 1. The number of rotatable bonds is 5. The van der Waals surface area contributed by atoms with Gasteiger partial charge < -0.3 is 4.74 Å². The number of carbonyl (C=O) groups is 1. The largest absolute Gasteiger partial charge is 0.423 e. The molecule has 0 spiro atoms. The van der Waals surface area contributed by atoms with E-state index in [0.717, 1.165) is 11.3 Å². The Kier molecular flexibility index (Phi) is 4.94. The average Bonchev–Trinajstić information content (AvgIpc) is 2.65. The first-order valence-corrected chi connectivity index (χ1v) is 7.38. The summed E-state index contributed by atoms with van der Waals surface area (Å²) in [5.41, 5.74) is 5.15. The summed E-state index contributed by atoms with van der Waals surface area (Å²) >= 11 is 0. The number of ether oxygens (including phenoxy) is 1. The Balaban J connectivity index is 1.58. The molecule has 2 aromatic carbocycles. The Labute approximate surface area is 139 Å². The number of carbonyl (C=O) groups excluding carboxylic acids is 1. The Morgan fingerprint density at radius 1 is 1.00 bits per heavy atom. The summed E-state index contributed by atoms with van der Waals surface area (Å²) in [5.74, 6) is 0.0345. The van der Waals surface area contributed by atoms with E-state index in [0.29, 0.717) is 11.3 Å². The zero-order valence-corrected chi connectivity index (χ0v) is 12.8. The molecule has 0 amide bonds. The highest BCUT2D eigenvalue weighted by Gasteiger charge is 2.07. The molecule has 0 aliphatic carbocycles. The molecule has 3 aromatic rings. The molecule has 0 saturated carbocycles. The number of anilines is 1. The Morgan fingerprint density at radius 2 is 1.79 bits per heavy atom. The predicted molar refractivity (Wildman–Crippen MR) is 93.3 cm³/mol. The third kappa shape index (κ3) is 4.27. The average molecular weight is 317 g/mol. The molecule has 0 aliphatic rings. The van der Waals surface area contributed by atoms with Gasteiger partial charge in [-0.25, -0.2) is 4.79 Å². The molecular weight excluding hydrogens is 302 g/mol. The van der Waals surface area contributed by atoms with E-state index in [4.69, 9.17) is 4.74 Å². The summed E-state index contributed by atoms with van der Waals surface area (Å²) in [4.78, 5) is 15.8. The van der Waals surface area contributed by atoms with E-state index in [1.54, 1.807) is 36.7 Å². The third-order valence-corrected chi connectivity index (χ3v) is 3.17. The van der Waals surface area contributed by atoms with Crippen molar-refractivity contribution in [3.8, 4) is 5.75 Å². The number of benzene rings is 2. The number of esters is 1. The van der Waals surface area contributed by atoms with Gasteiger partial charge in [0.15, 0.2) is 0 Å². The van der Waals surface area contributed by atoms with Gasteiger partial charge in [0.1, 0.15) is 5.75 Å². The van der Waals surface area contributed by atoms with Crippen molar-refractivity contribution >= 4 is 17.9 Å². The van der Waals surface area contributed by atoms with Gasteiger partial charge in [-0.2, -0.15) is 5.10 Å². The minimum absolute atomic E-state index is 0.412. The topological polar surface area (TPSA) is 63.6 Å². The summed E-state index contributed by atoms with van der Waals surface area (Å²) < 4.78 is 5.29. The van der Waals surface area contributed by atoms with Crippen LogP contribution in [0.5, 0.6) is 5.75 Å². The minimum Gasteiger partial charge on any atom is -0.423 e. The lowest BCUT2D eigenvalue weighted by Crippen LogP contribution is -2.08. The van der Waals surface area contributed by atoms with Gasteiger partial charge in [-0.3, -0.25) is 10.4 Å². The van der Waals surface area contributed by atoms with E-state index in [1.807, 2.05) is 42.5 Å². The fourth-order valence-electron chi connectivity index (χ4n) is 1.97. The highest BCUT2D eigenvalue weighted by Crippen LogP contribution is 2.13. The molecule has 0 saturated heterocycles. The molecule has 5 nitrogen and oxygen atoms in total. The van der Waals surface area contributed by atoms with Gasteiger partial charge in [0, 0.05) is 12.4 Å². The number of nitrogens with zero attached hydrogens (tertiary/aromatic N) is 2. The molecule has 118 valence electrons. The second-order valence-electron chi connectivity index (χ2n) is 4.94. The van der Waals surface area contributed by atoms with Crippen LogP contribution in [0, 0.1) is 0 Å². The Morgan fingerprint density at radius 3 is 2.50 bits per heavy atom. The maximum Gasteiger partial charge on any atom is 0.345 e. The fourth-order valence-corrected chi connectivity index (χ4v) is 1.97. The van der Waals surface area contributed by atoms with Crippen molar-refractivity contribution in [2.75, 3.05) is 5.43 Å². The molecule has 0 aliphatic heterocycles. The minimum atomic E-state index is -0.435. The Hall–Kier alpha value is -3.47. The van der Waals surface area contributed by atoms with Crippen LogP contribution in [0.4, 0.5) is 5.69 Å². The molecule has 1 aromatic heterocycles. The number of hydrazone groups is 1. The highest BCUT2D eigenvalue weighted by atomic mass is 16.5. The molecule has 1 N–H and O–H groups in total. The third-order valence-electron chi connectivity index (χ3n) is 3.17. The molecule has 3 rings (SSSR count). The van der Waals surface area contributed by atoms with E-state index in [-0.39, 0.29) is 0 Å². The molecule has 1 heterocycles. The summed E-state index contributed by atoms with van der Waals surface area (Å²) in [5, 5.41) is 4.16. The second-order valence-corrected chi connectivity index (χ2v) is 4.94. The molecular formula is C19H15N3O2. The Bertz CT molecular complexity index is 816. The normalized spacial score (nSPS) is 10.5. The monoisotopic (exact) mass is 317 g/mol. The molecule has 0 bridgehead atoms. The lowest BCUT2D eigenvalue weighted by atomic mass is 10.2. The highest BCUT2D eigenvalue weighted by molar-refractivity contribution is 5.90. The van der Waals surface area contributed by atoms with Crippen LogP contribution in [0.1, 0.15) is 15.9 Å². The summed E-state index contributed by atoms with van der Waals surface area (Å²) in [6.07, 6.45) is 4.77. The SMILES string of the molecule is O=C(Oc1ccc(/C=N/Nc2ccccc2)cc1)c1cccnc1. The quantitative estimate of drug-likeness (QED) is 0.337. The van der Waals surface area contributed by atoms with Crippen molar-refractivity contribution in [3.05, 3.63) is 90.3 Å². The van der Waals surface area contributed by atoms with Gasteiger partial charge in [-0.1, -0.05) is 18.2 Å². The lowest BCUT2D eigenvalue weighted by Gasteiger charge is -2.04. The maximum atomic E-state index is 11.9. The maximum absolute atomic E-state index is 11.9. The molecule has 0 fully saturated rings. The van der Waals surface area contributed by atoms with Crippen molar-refractivity contribution in [3.63, 3.8) is 0 Å². The summed E-state index contributed by atoms with van der Waals surface area (Å²) in [6, 6.07) is 20.1. The van der Waals surface area contributed by atoms with Crippen LogP contribution in [0.15, 0.2) is 84.2 Å². The van der Waals surface area contributed by atoms with Gasteiger partial charge in [-0.15, -0.1) is 0 Å². The molecule has 5 heteroatoms. The fraction of sp³-hybridized carbons (Fsp3) is 0. The number of hydrogen-bond donors (Lipinski definition) is 1. The van der Waals surface area contributed by atoms with Gasteiger partial charge in [0.05, 0.1) is 17.5 Å². The number of hydrogen-bond acceptors (Lipinski definition) is 5. The van der Waals surface area contributed by atoms with Crippen molar-refractivity contribution in [1.29, 1.82) is 0 Å². The van der Waals surface area contributed by atoms with Crippen molar-refractivity contribution in [2.24, 2.45) is 5.10 Å². The summed E-state index contributed by atoms with van der Waals surface area (Å²) in [6.45, 7) is 0. The van der Waals surface area contributed by atoms with Gasteiger partial charge >= 0.3 is 5.97 Å². The van der Waals surface area contributed by atoms with Crippen LogP contribution >= 0.6 is 0 Å². The summed E-state index contributed by atoms with van der Waals surface area (Å²) in [7, 11) is 0. The van der Waals surface area contributed by atoms with Gasteiger partial charge in [-0.05, 0) is 54.1 Å². The van der Waals surface area contributed by atoms with Crippen molar-refractivity contribution in [2.45, 2.75) is 0 Å². The number of pyridine rings is 1. The van der Waals surface area contributed by atoms with E-state index >= 15 is 0 Å². The molecule has 0 unspecified atom stereocenters. The van der Waals surface area contributed by atoms with Gasteiger partial charge in [0.2, 0.25) is 0 Å². The first kappa shape index (κ1) is 15.4. The molecule has 0 atom stereocenters. The zero-order chi connectivity index (χ0) is 16.6. The van der Waals surface area contributed by atoms with E-state index in [9.17, 15) is 4.79 Å². The van der Waals surface area contributed by atoms with Gasteiger partial charge in [0.25, 0.3) is 0 Å². The van der Waals surface area contributed by atoms with Crippen molar-refractivity contribution in [1.82, 2.24) is 4.98 Å². The standard InChI is InChI=1S/C19H15N3O2/c23-19(16-5-4-12-20-14-16)24-18-10-8-15(9-11-18)13-21-22-17-6-2-1-3-7-17/h1-14,22H/b21-13+. The molecule has 24 heavy (non-hydrogen) atoms. The van der Waals surface area contributed by atoms with Crippen LogP contribution < -0.4 is 10.2 Å². The second kappa shape index (κ2) is 7.69. The number of aromatic nitrogens is 1. The van der Waals surface area contributed by atoms with Crippen LogP contribution in [-0.4, -0.2) is 17.2 Å². The first-order valence-electron chi connectivity index (χ1n) is 7.38. The van der Waals surface area contributed by atoms with Crippen molar-refractivity contribution < 1.29 is 9.53 Å². The van der Waals surface area contributed by atoms with E-state index < -0.39 is 5.97 Å². The van der Waals surface area contributed by atoms with Crippen LogP contribution in [0.3, 0.4) is 0 Å². The molecule has 0 radical (unpaired) electrons.